The van der Waals surface area contributed by atoms with E-state index in [9.17, 15) is 0 Å². The fourth-order valence-corrected chi connectivity index (χ4v) is 2.24. The Hall–Kier alpha value is -0.860. The highest BCUT2D eigenvalue weighted by Gasteiger charge is 2.26. The standard InChI is InChI=1S/C14H21NO/c1-14(2)12-15(10-11-16-14)9-8-13-6-4-3-5-7-13/h3-7H,8-12H2,1-2H3. The second-order valence-electron chi connectivity index (χ2n) is 5.12. The molecule has 2 rings (SSSR count). The molecule has 0 N–H and O–H groups in total. The highest BCUT2D eigenvalue weighted by Crippen LogP contribution is 2.16. The maximum absolute atomic E-state index is 5.71. The smallest absolute Gasteiger partial charge is 0.0753 e. The highest BCUT2D eigenvalue weighted by atomic mass is 16.5. The molecule has 0 amide bonds. The third-order valence-corrected chi connectivity index (χ3v) is 3.06. The van der Waals surface area contributed by atoms with E-state index in [1.807, 2.05) is 0 Å². The maximum atomic E-state index is 5.71. The van der Waals surface area contributed by atoms with Crippen LogP contribution in [0, 0.1) is 0 Å². The Labute approximate surface area is 98.2 Å². The van der Waals surface area contributed by atoms with Gasteiger partial charge in [0.1, 0.15) is 0 Å². The van der Waals surface area contributed by atoms with Crippen LogP contribution in [0.15, 0.2) is 30.3 Å². The third kappa shape index (κ3) is 3.32. The highest BCUT2D eigenvalue weighted by molar-refractivity contribution is 5.14. The minimum atomic E-state index is 0.0228. The van der Waals surface area contributed by atoms with Crippen molar-refractivity contribution in [1.82, 2.24) is 4.90 Å². The van der Waals surface area contributed by atoms with Gasteiger partial charge in [-0.15, -0.1) is 0 Å². The molecule has 1 aromatic carbocycles. The monoisotopic (exact) mass is 219 g/mol. The predicted molar refractivity (Wildman–Crippen MR) is 66.6 cm³/mol. The molecule has 1 heterocycles. The fraction of sp³-hybridized carbons (Fsp3) is 0.571. The summed E-state index contributed by atoms with van der Waals surface area (Å²) in [5, 5.41) is 0. The van der Waals surface area contributed by atoms with E-state index in [0.29, 0.717) is 0 Å². The van der Waals surface area contributed by atoms with Crippen molar-refractivity contribution in [1.29, 1.82) is 0 Å². The largest absolute Gasteiger partial charge is 0.373 e. The van der Waals surface area contributed by atoms with E-state index in [1.165, 1.54) is 5.56 Å². The van der Waals surface area contributed by atoms with Crippen LogP contribution in [0.2, 0.25) is 0 Å². The molecule has 16 heavy (non-hydrogen) atoms. The molecule has 1 saturated heterocycles. The lowest BCUT2D eigenvalue weighted by Crippen LogP contribution is -2.48. The summed E-state index contributed by atoms with van der Waals surface area (Å²) in [4.78, 5) is 2.50. The van der Waals surface area contributed by atoms with Crippen molar-refractivity contribution in [3.05, 3.63) is 35.9 Å². The quantitative estimate of drug-likeness (QED) is 0.773. The van der Waals surface area contributed by atoms with Gasteiger partial charge in [0.15, 0.2) is 0 Å². The third-order valence-electron chi connectivity index (χ3n) is 3.06. The van der Waals surface area contributed by atoms with E-state index >= 15 is 0 Å². The van der Waals surface area contributed by atoms with Crippen molar-refractivity contribution in [2.75, 3.05) is 26.2 Å². The Morgan fingerprint density at radius 2 is 2.00 bits per heavy atom. The van der Waals surface area contributed by atoms with E-state index in [-0.39, 0.29) is 5.60 Å². The molecule has 2 nitrogen and oxygen atoms in total. The first-order chi connectivity index (χ1) is 7.66. The van der Waals surface area contributed by atoms with E-state index in [0.717, 1.165) is 32.7 Å². The fourth-order valence-electron chi connectivity index (χ4n) is 2.24. The van der Waals surface area contributed by atoms with E-state index in [2.05, 4.69) is 49.1 Å². The van der Waals surface area contributed by atoms with Gasteiger partial charge in [-0.25, -0.2) is 0 Å². The molecular formula is C14H21NO. The molecule has 0 unspecified atom stereocenters. The summed E-state index contributed by atoms with van der Waals surface area (Å²) >= 11 is 0. The second-order valence-corrected chi connectivity index (χ2v) is 5.12. The molecule has 0 aliphatic carbocycles. The molecule has 0 bridgehead atoms. The van der Waals surface area contributed by atoms with Gasteiger partial charge in [-0.2, -0.15) is 0 Å². The summed E-state index contributed by atoms with van der Waals surface area (Å²) in [6, 6.07) is 10.7. The number of benzene rings is 1. The zero-order valence-corrected chi connectivity index (χ0v) is 10.3. The molecule has 0 saturated carbocycles. The Kier molecular flexibility index (Phi) is 3.62. The van der Waals surface area contributed by atoms with Crippen LogP contribution in [-0.4, -0.2) is 36.7 Å². The lowest BCUT2D eigenvalue weighted by atomic mass is 10.1. The molecule has 0 radical (unpaired) electrons. The molecule has 1 fully saturated rings. The summed E-state index contributed by atoms with van der Waals surface area (Å²) in [5.74, 6) is 0. The number of hydrogen-bond donors (Lipinski definition) is 0. The maximum Gasteiger partial charge on any atom is 0.0753 e. The Bertz CT molecular complexity index is 321. The summed E-state index contributed by atoms with van der Waals surface area (Å²) in [6.07, 6.45) is 1.14. The normalized spacial score (nSPS) is 20.9. The van der Waals surface area contributed by atoms with Gasteiger partial charge >= 0.3 is 0 Å². The first-order valence-corrected chi connectivity index (χ1v) is 6.06. The average molecular weight is 219 g/mol. The van der Waals surface area contributed by atoms with Crippen LogP contribution in [0.5, 0.6) is 0 Å². The predicted octanol–water partition coefficient (Wildman–Crippen LogP) is 2.34. The van der Waals surface area contributed by atoms with Crippen LogP contribution < -0.4 is 0 Å². The van der Waals surface area contributed by atoms with Crippen molar-refractivity contribution in [3.63, 3.8) is 0 Å². The first-order valence-electron chi connectivity index (χ1n) is 6.06. The van der Waals surface area contributed by atoms with Gasteiger partial charge in [-0.1, -0.05) is 30.3 Å². The summed E-state index contributed by atoms with van der Waals surface area (Å²) in [6.45, 7) is 8.44. The van der Waals surface area contributed by atoms with E-state index in [1.54, 1.807) is 0 Å². The summed E-state index contributed by atoms with van der Waals surface area (Å²) in [5.41, 5.74) is 1.45. The molecular weight excluding hydrogens is 198 g/mol. The number of ether oxygens (including phenoxy) is 1. The molecule has 0 spiro atoms. The molecule has 88 valence electrons. The van der Waals surface area contributed by atoms with E-state index < -0.39 is 0 Å². The molecule has 0 atom stereocenters. The van der Waals surface area contributed by atoms with Crippen LogP contribution >= 0.6 is 0 Å². The van der Waals surface area contributed by atoms with Crippen LogP contribution in [0.25, 0.3) is 0 Å². The Morgan fingerprint density at radius 1 is 1.25 bits per heavy atom. The van der Waals surface area contributed by atoms with Gasteiger partial charge in [0.25, 0.3) is 0 Å². The minimum absolute atomic E-state index is 0.0228. The second kappa shape index (κ2) is 4.98. The van der Waals surface area contributed by atoms with Gasteiger partial charge in [-0.3, -0.25) is 4.90 Å². The van der Waals surface area contributed by atoms with Crippen LogP contribution in [0.4, 0.5) is 0 Å². The van der Waals surface area contributed by atoms with Crippen molar-refractivity contribution in [3.8, 4) is 0 Å². The van der Waals surface area contributed by atoms with Gasteiger partial charge in [0.2, 0.25) is 0 Å². The van der Waals surface area contributed by atoms with Crippen molar-refractivity contribution >= 4 is 0 Å². The Morgan fingerprint density at radius 3 is 2.69 bits per heavy atom. The van der Waals surface area contributed by atoms with Crippen molar-refractivity contribution in [2.24, 2.45) is 0 Å². The zero-order chi connectivity index (χ0) is 11.4. The number of rotatable bonds is 3. The first kappa shape index (κ1) is 11.6. The van der Waals surface area contributed by atoms with E-state index in [4.69, 9.17) is 4.74 Å². The van der Waals surface area contributed by atoms with Gasteiger partial charge in [0.05, 0.1) is 12.2 Å². The lowest BCUT2D eigenvalue weighted by molar-refractivity contribution is -0.0855. The molecule has 0 aromatic heterocycles. The number of morpholine rings is 1. The topological polar surface area (TPSA) is 12.5 Å². The number of hydrogen-bond acceptors (Lipinski definition) is 2. The molecule has 1 aliphatic rings. The van der Waals surface area contributed by atoms with Crippen LogP contribution in [0.3, 0.4) is 0 Å². The van der Waals surface area contributed by atoms with Crippen molar-refractivity contribution < 1.29 is 4.74 Å². The SMILES string of the molecule is CC1(C)CN(CCc2ccccc2)CCO1. The minimum Gasteiger partial charge on any atom is -0.373 e. The van der Waals surface area contributed by atoms with Gasteiger partial charge in [-0.05, 0) is 25.8 Å². The average Bonchev–Trinajstić information content (AvgIpc) is 2.27. The zero-order valence-electron chi connectivity index (χ0n) is 10.3. The van der Waals surface area contributed by atoms with Crippen LogP contribution in [0.1, 0.15) is 19.4 Å². The number of nitrogens with zero attached hydrogens (tertiary/aromatic N) is 1. The summed E-state index contributed by atoms with van der Waals surface area (Å²) in [7, 11) is 0. The lowest BCUT2D eigenvalue weighted by Gasteiger charge is -2.38. The molecule has 1 aromatic rings. The van der Waals surface area contributed by atoms with Crippen LogP contribution in [-0.2, 0) is 11.2 Å². The van der Waals surface area contributed by atoms with Crippen molar-refractivity contribution in [2.45, 2.75) is 25.9 Å². The summed E-state index contributed by atoms with van der Waals surface area (Å²) < 4.78 is 5.71. The Balaban J connectivity index is 1.82. The molecule has 2 heteroatoms. The van der Waals surface area contributed by atoms with Gasteiger partial charge < -0.3 is 4.74 Å². The van der Waals surface area contributed by atoms with Gasteiger partial charge in [0, 0.05) is 19.6 Å². The molecule has 1 aliphatic heterocycles.